The number of hydrogen-bond donors (Lipinski definition) is 1. The Morgan fingerprint density at radius 3 is 2.62 bits per heavy atom. The number of thiazole rings is 1. The number of rotatable bonds is 5. The Bertz CT molecular complexity index is 1280. The molecule has 166 valence electrons. The maximum atomic E-state index is 11.2. The molecule has 1 atom stereocenters. The van der Waals surface area contributed by atoms with Crippen LogP contribution in [0.5, 0.6) is 11.6 Å². The largest absolute Gasteiger partial charge is 0.497 e. The van der Waals surface area contributed by atoms with Crippen LogP contribution in [0.4, 0.5) is 0 Å². The number of aryl methyl sites for hydroxylation is 1. The van der Waals surface area contributed by atoms with E-state index in [0.29, 0.717) is 24.8 Å². The number of ether oxygens (including phenoxy) is 3. The van der Waals surface area contributed by atoms with Gasteiger partial charge in [-0.1, -0.05) is 0 Å². The molecule has 0 amide bonds. The molecule has 5 rings (SSSR count). The zero-order valence-electron chi connectivity index (χ0n) is 18.3. The molecule has 1 aliphatic heterocycles. The Hall–Kier alpha value is -2.81. The summed E-state index contributed by atoms with van der Waals surface area (Å²) in [6.07, 6.45) is 2.66. The minimum Gasteiger partial charge on any atom is -0.497 e. The zero-order chi connectivity index (χ0) is 22.2. The van der Waals surface area contributed by atoms with Crippen LogP contribution in [0.3, 0.4) is 0 Å². The molecule has 7 nitrogen and oxygen atoms in total. The number of fused-ring (bicyclic) bond motifs is 2. The normalized spacial score (nSPS) is 15.9. The molecule has 1 fully saturated rings. The molecule has 0 spiro atoms. The van der Waals surface area contributed by atoms with Gasteiger partial charge < -0.3 is 19.3 Å². The van der Waals surface area contributed by atoms with Gasteiger partial charge in [-0.05, 0) is 55.5 Å². The van der Waals surface area contributed by atoms with E-state index in [1.807, 2.05) is 25.1 Å². The summed E-state index contributed by atoms with van der Waals surface area (Å²) in [5.41, 5.74) is 5.13. The lowest BCUT2D eigenvalue weighted by Crippen LogP contribution is -2.22. The van der Waals surface area contributed by atoms with Crippen LogP contribution >= 0.6 is 11.3 Å². The van der Waals surface area contributed by atoms with Crippen molar-refractivity contribution in [2.75, 3.05) is 27.4 Å². The van der Waals surface area contributed by atoms with Gasteiger partial charge in [-0.15, -0.1) is 11.3 Å². The molecule has 0 bridgehead atoms. The quantitative estimate of drug-likeness (QED) is 0.471. The van der Waals surface area contributed by atoms with E-state index in [9.17, 15) is 5.11 Å². The lowest BCUT2D eigenvalue weighted by Gasteiger charge is -2.27. The first kappa shape index (κ1) is 21.1. The standard InChI is InChI=1S/C24H25N3O4S/c1-13-8-17(21-18(9-13)26-20(30-3)12-25-21)24-27-22-16(10-15(29-2)11-19(22)32-24)23(28)14-4-6-31-7-5-14/h8-12,14,23,28H,4-7H2,1-3H3. The van der Waals surface area contributed by atoms with Gasteiger partial charge in [0.05, 0.1) is 47.8 Å². The van der Waals surface area contributed by atoms with Gasteiger partial charge in [-0.2, -0.15) is 0 Å². The summed E-state index contributed by atoms with van der Waals surface area (Å²) in [6, 6.07) is 7.95. The Kier molecular flexibility index (Phi) is 5.67. The molecule has 0 radical (unpaired) electrons. The van der Waals surface area contributed by atoms with E-state index in [1.165, 1.54) is 0 Å². The molecule has 1 unspecified atom stereocenters. The Labute approximate surface area is 190 Å². The van der Waals surface area contributed by atoms with E-state index in [4.69, 9.17) is 19.2 Å². The van der Waals surface area contributed by atoms with Crippen molar-refractivity contribution < 1.29 is 19.3 Å². The van der Waals surface area contributed by atoms with Gasteiger partial charge in [0, 0.05) is 24.3 Å². The maximum absolute atomic E-state index is 11.2. The van der Waals surface area contributed by atoms with Crippen molar-refractivity contribution in [3.8, 4) is 22.2 Å². The van der Waals surface area contributed by atoms with Crippen LogP contribution in [0, 0.1) is 12.8 Å². The van der Waals surface area contributed by atoms with Crippen molar-refractivity contribution in [3.05, 3.63) is 41.6 Å². The van der Waals surface area contributed by atoms with Crippen LogP contribution in [0.25, 0.3) is 31.8 Å². The van der Waals surface area contributed by atoms with Gasteiger partial charge in [0.25, 0.3) is 0 Å². The Morgan fingerprint density at radius 2 is 1.88 bits per heavy atom. The van der Waals surface area contributed by atoms with Crippen LogP contribution in [-0.4, -0.2) is 47.5 Å². The molecule has 8 heteroatoms. The van der Waals surface area contributed by atoms with Gasteiger partial charge in [0.2, 0.25) is 5.88 Å². The van der Waals surface area contributed by atoms with Crippen LogP contribution < -0.4 is 9.47 Å². The minimum atomic E-state index is -0.621. The molecular weight excluding hydrogens is 426 g/mol. The predicted molar refractivity (Wildman–Crippen MR) is 124 cm³/mol. The summed E-state index contributed by atoms with van der Waals surface area (Å²) >= 11 is 1.57. The maximum Gasteiger partial charge on any atom is 0.232 e. The molecule has 1 aliphatic rings. The molecule has 4 aromatic rings. The number of aliphatic hydroxyl groups excluding tert-OH is 1. The van der Waals surface area contributed by atoms with E-state index < -0.39 is 6.10 Å². The number of aliphatic hydroxyl groups is 1. The first-order valence-corrected chi connectivity index (χ1v) is 11.4. The number of methoxy groups -OCH3 is 2. The van der Waals surface area contributed by atoms with Gasteiger partial charge in [0.15, 0.2) is 0 Å². The van der Waals surface area contributed by atoms with Crippen molar-refractivity contribution in [2.45, 2.75) is 25.9 Å². The first-order valence-electron chi connectivity index (χ1n) is 10.6. The highest BCUT2D eigenvalue weighted by Gasteiger charge is 2.27. The number of hydrogen-bond acceptors (Lipinski definition) is 8. The van der Waals surface area contributed by atoms with Crippen molar-refractivity contribution >= 4 is 32.6 Å². The minimum absolute atomic E-state index is 0.141. The van der Waals surface area contributed by atoms with Crippen molar-refractivity contribution in [3.63, 3.8) is 0 Å². The summed E-state index contributed by atoms with van der Waals surface area (Å²) in [7, 11) is 3.23. The topological polar surface area (TPSA) is 86.6 Å². The highest BCUT2D eigenvalue weighted by molar-refractivity contribution is 7.21. The fourth-order valence-electron chi connectivity index (χ4n) is 4.28. The molecule has 0 saturated carbocycles. The van der Waals surface area contributed by atoms with E-state index in [-0.39, 0.29) is 5.92 Å². The lowest BCUT2D eigenvalue weighted by atomic mass is 9.89. The molecule has 2 aromatic heterocycles. The van der Waals surface area contributed by atoms with Crippen LogP contribution in [0.15, 0.2) is 30.5 Å². The Balaban J connectivity index is 1.67. The van der Waals surface area contributed by atoms with Crippen molar-refractivity contribution in [1.82, 2.24) is 15.0 Å². The fraction of sp³-hybridized carbons (Fsp3) is 0.375. The zero-order valence-corrected chi connectivity index (χ0v) is 19.1. The van der Waals surface area contributed by atoms with Crippen molar-refractivity contribution in [2.24, 2.45) is 5.92 Å². The molecule has 0 aliphatic carbocycles. The average Bonchev–Trinajstić information content (AvgIpc) is 3.26. The van der Waals surface area contributed by atoms with Gasteiger partial charge >= 0.3 is 0 Å². The lowest BCUT2D eigenvalue weighted by molar-refractivity contribution is 0.00761. The third-order valence-corrected chi connectivity index (χ3v) is 7.01. The van der Waals surface area contributed by atoms with E-state index in [2.05, 4.69) is 16.0 Å². The second-order valence-corrected chi connectivity index (χ2v) is 9.10. The summed E-state index contributed by atoms with van der Waals surface area (Å²) < 4.78 is 17.2. The smallest absolute Gasteiger partial charge is 0.232 e. The van der Waals surface area contributed by atoms with Crippen molar-refractivity contribution in [1.29, 1.82) is 0 Å². The predicted octanol–water partition coefficient (Wildman–Crippen LogP) is 4.69. The van der Waals surface area contributed by atoms with Crippen LogP contribution in [0.2, 0.25) is 0 Å². The molecule has 32 heavy (non-hydrogen) atoms. The average molecular weight is 452 g/mol. The van der Waals surface area contributed by atoms with Crippen LogP contribution in [0.1, 0.15) is 30.1 Å². The van der Waals surface area contributed by atoms with E-state index in [0.717, 1.165) is 55.8 Å². The van der Waals surface area contributed by atoms with Gasteiger partial charge in [0.1, 0.15) is 10.8 Å². The summed E-state index contributed by atoms with van der Waals surface area (Å²) in [6.45, 7) is 3.38. The van der Waals surface area contributed by atoms with Crippen LogP contribution in [-0.2, 0) is 4.74 Å². The molecule has 2 aromatic carbocycles. The van der Waals surface area contributed by atoms with E-state index >= 15 is 0 Å². The third-order valence-electron chi connectivity index (χ3n) is 5.97. The highest BCUT2D eigenvalue weighted by atomic mass is 32.1. The SMILES string of the molecule is COc1cc(C(O)C2CCOCC2)c2nc(-c3cc(C)cc4nc(OC)cnc34)sc2c1. The fourth-order valence-corrected chi connectivity index (χ4v) is 5.33. The van der Waals surface area contributed by atoms with Gasteiger partial charge in [-0.3, -0.25) is 0 Å². The monoisotopic (exact) mass is 451 g/mol. The Morgan fingerprint density at radius 1 is 1.06 bits per heavy atom. The molecular formula is C24H25N3O4S. The first-order chi connectivity index (χ1) is 15.6. The summed E-state index contributed by atoms with van der Waals surface area (Å²) in [4.78, 5) is 14.1. The molecule has 1 saturated heterocycles. The van der Waals surface area contributed by atoms with E-state index in [1.54, 1.807) is 31.8 Å². The highest BCUT2D eigenvalue weighted by Crippen LogP contribution is 2.41. The third kappa shape index (κ3) is 3.79. The number of benzene rings is 2. The number of aromatic nitrogens is 3. The summed E-state index contributed by atoms with van der Waals surface area (Å²) in [5.74, 6) is 1.33. The molecule has 1 N–H and O–H groups in total. The number of nitrogens with zero attached hydrogens (tertiary/aromatic N) is 3. The second kappa shape index (κ2) is 8.61. The second-order valence-electron chi connectivity index (χ2n) is 8.07. The van der Waals surface area contributed by atoms with Gasteiger partial charge in [-0.25, -0.2) is 15.0 Å². The molecule has 3 heterocycles. The summed E-state index contributed by atoms with van der Waals surface area (Å²) in [5, 5.41) is 12.1.